The molecule has 0 amide bonds. The molecule has 0 radical (unpaired) electrons. The summed E-state index contributed by atoms with van der Waals surface area (Å²) in [6.45, 7) is 2.33. The molecule has 1 N–H and O–H groups in total. The molecule has 0 aliphatic rings. The molecule has 0 saturated carbocycles. The molecule has 6 heteroatoms. The summed E-state index contributed by atoms with van der Waals surface area (Å²) in [6, 6.07) is 5.70. The Morgan fingerprint density at radius 3 is 3.06 bits per heavy atom. The summed E-state index contributed by atoms with van der Waals surface area (Å²) >= 11 is 0. The third-order valence-electron chi connectivity index (χ3n) is 2.41. The maximum Gasteiger partial charge on any atom is 0.155 e. The summed E-state index contributed by atoms with van der Waals surface area (Å²) in [4.78, 5) is 0. The van der Waals surface area contributed by atoms with Crippen molar-refractivity contribution in [1.29, 1.82) is 5.26 Å². The van der Waals surface area contributed by atoms with Crippen LogP contribution in [0.2, 0.25) is 0 Å². The molecular weight excluding hydrogens is 232 g/mol. The van der Waals surface area contributed by atoms with Crippen molar-refractivity contribution < 1.29 is 9.62 Å². The van der Waals surface area contributed by atoms with Crippen molar-refractivity contribution >= 4 is 6.21 Å². The van der Waals surface area contributed by atoms with Gasteiger partial charge in [-0.3, -0.25) is 4.68 Å². The van der Waals surface area contributed by atoms with Crippen LogP contribution in [0.3, 0.4) is 0 Å². The van der Waals surface area contributed by atoms with Crippen LogP contribution in [0.25, 0.3) is 11.5 Å². The quantitative estimate of drug-likeness (QED) is 0.507. The first kappa shape index (κ1) is 11.9. The van der Waals surface area contributed by atoms with E-state index in [1.165, 1.54) is 6.21 Å². The molecule has 0 unspecified atom stereocenters. The third kappa shape index (κ3) is 2.40. The van der Waals surface area contributed by atoms with Crippen LogP contribution in [-0.4, -0.2) is 21.2 Å². The zero-order valence-electron chi connectivity index (χ0n) is 9.87. The molecule has 0 atom stereocenters. The van der Waals surface area contributed by atoms with Crippen molar-refractivity contribution in [3.63, 3.8) is 0 Å². The molecule has 18 heavy (non-hydrogen) atoms. The molecule has 0 spiro atoms. The number of aromatic nitrogens is 2. The van der Waals surface area contributed by atoms with Gasteiger partial charge in [0.25, 0.3) is 0 Å². The number of nitrogens with zero attached hydrogens (tertiary/aromatic N) is 4. The van der Waals surface area contributed by atoms with Gasteiger partial charge in [-0.25, -0.2) is 0 Å². The lowest BCUT2D eigenvalue weighted by molar-refractivity contribution is 0.322. The fourth-order valence-corrected chi connectivity index (χ4v) is 1.63. The van der Waals surface area contributed by atoms with Crippen molar-refractivity contribution in [2.45, 2.75) is 19.9 Å². The minimum Gasteiger partial charge on any atom is -0.460 e. The van der Waals surface area contributed by atoms with Gasteiger partial charge in [0, 0.05) is 11.8 Å². The van der Waals surface area contributed by atoms with Crippen LogP contribution < -0.4 is 0 Å². The Bertz CT molecular complexity index is 604. The average molecular weight is 244 g/mol. The normalized spacial score (nSPS) is 10.9. The number of furan rings is 1. The molecule has 0 aliphatic heterocycles. The van der Waals surface area contributed by atoms with Gasteiger partial charge in [0.05, 0.1) is 25.2 Å². The lowest BCUT2D eigenvalue weighted by Gasteiger charge is -1.94. The second-order valence-electron chi connectivity index (χ2n) is 3.76. The van der Waals surface area contributed by atoms with Crippen LogP contribution >= 0.6 is 0 Å². The molecule has 6 nitrogen and oxygen atoms in total. The van der Waals surface area contributed by atoms with E-state index in [0.717, 1.165) is 5.76 Å². The smallest absolute Gasteiger partial charge is 0.155 e. The maximum atomic E-state index is 8.63. The van der Waals surface area contributed by atoms with Crippen LogP contribution in [-0.2, 0) is 6.54 Å². The lowest BCUT2D eigenvalue weighted by Crippen LogP contribution is -1.97. The van der Waals surface area contributed by atoms with Gasteiger partial charge in [-0.05, 0) is 19.1 Å². The minimum atomic E-state index is 0.369. The highest BCUT2D eigenvalue weighted by Crippen LogP contribution is 2.23. The largest absolute Gasteiger partial charge is 0.460 e. The van der Waals surface area contributed by atoms with Crippen LogP contribution in [0, 0.1) is 18.3 Å². The molecule has 2 rings (SSSR count). The van der Waals surface area contributed by atoms with E-state index >= 15 is 0 Å². The van der Waals surface area contributed by atoms with E-state index in [-0.39, 0.29) is 0 Å². The topological polar surface area (TPSA) is 87.3 Å². The number of hydrogen-bond donors (Lipinski definition) is 1. The number of oxime groups is 1. The first-order valence-electron chi connectivity index (χ1n) is 5.43. The Labute approximate surface area is 104 Å². The SMILES string of the molecule is Cc1ccc(-c2nn(CCC#N)cc2/C=N/O)o1. The van der Waals surface area contributed by atoms with Crippen molar-refractivity contribution in [3.05, 3.63) is 29.7 Å². The molecule has 0 bridgehead atoms. The average Bonchev–Trinajstić information content (AvgIpc) is 2.93. The third-order valence-corrected chi connectivity index (χ3v) is 2.41. The highest BCUT2D eigenvalue weighted by molar-refractivity contribution is 5.87. The van der Waals surface area contributed by atoms with E-state index in [1.54, 1.807) is 16.9 Å². The van der Waals surface area contributed by atoms with Gasteiger partial charge in [-0.2, -0.15) is 10.4 Å². The fraction of sp³-hybridized carbons (Fsp3) is 0.250. The van der Waals surface area contributed by atoms with E-state index in [2.05, 4.69) is 16.3 Å². The zero-order valence-corrected chi connectivity index (χ0v) is 9.87. The predicted octanol–water partition coefficient (Wildman–Crippen LogP) is 2.17. The summed E-state index contributed by atoms with van der Waals surface area (Å²) in [5.41, 5.74) is 1.24. The van der Waals surface area contributed by atoms with Gasteiger partial charge in [0.2, 0.25) is 0 Å². The summed E-state index contributed by atoms with van der Waals surface area (Å²) in [7, 11) is 0. The lowest BCUT2D eigenvalue weighted by atomic mass is 10.2. The molecule has 0 saturated heterocycles. The van der Waals surface area contributed by atoms with E-state index < -0.39 is 0 Å². The van der Waals surface area contributed by atoms with Crippen molar-refractivity contribution in [1.82, 2.24) is 9.78 Å². The standard InChI is InChI=1S/C12H12N4O2/c1-9-3-4-11(18-9)12-10(7-14-17)8-16(15-12)6-2-5-13/h3-4,7-8,17H,2,6H2,1H3/b14-7+. The van der Waals surface area contributed by atoms with Gasteiger partial charge in [-0.1, -0.05) is 5.16 Å². The molecule has 0 aliphatic carbocycles. The molecule has 2 aromatic heterocycles. The first-order valence-corrected chi connectivity index (χ1v) is 5.43. The van der Waals surface area contributed by atoms with Gasteiger partial charge in [0.1, 0.15) is 11.5 Å². The molecule has 2 heterocycles. The van der Waals surface area contributed by atoms with Crippen molar-refractivity contribution in [2.24, 2.45) is 5.16 Å². The van der Waals surface area contributed by atoms with E-state index in [4.69, 9.17) is 14.9 Å². The van der Waals surface area contributed by atoms with Gasteiger partial charge >= 0.3 is 0 Å². The van der Waals surface area contributed by atoms with E-state index in [1.807, 2.05) is 13.0 Å². The predicted molar refractivity (Wildman–Crippen MR) is 64.3 cm³/mol. The molecule has 0 aromatic carbocycles. The Hall–Kier alpha value is -2.55. The summed E-state index contributed by atoms with van der Waals surface area (Å²) in [5.74, 6) is 1.39. The van der Waals surface area contributed by atoms with Crippen LogP contribution in [0.5, 0.6) is 0 Å². The Morgan fingerprint density at radius 1 is 1.61 bits per heavy atom. The van der Waals surface area contributed by atoms with Gasteiger partial charge < -0.3 is 9.62 Å². The number of hydrogen-bond acceptors (Lipinski definition) is 5. The fourth-order valence-electron chi connectivity index (χ4n) is 1.63. The van der Waals surface area contributed by atoms with Gasteiger partial charge in [-0.15, -0.1) is 0 Å². The van der Waals surface area contributed by atoms with E-state index in [0.29, 0.717) is 30.0 Å². The molecule has 0 fully saturated rings. The molecule has 92 valence electrons. The number of rotatable bonds is 4. The minimum absolute atomic E-state index is 0.369. The second-order valence-corrected chi connectivity index (χ2v) is 3.76. The van der Waals surface area contributed by atoms with Crippen molar-refractivity contribution in [2.75, 3.05) is 0 Å². The van der Waals surface area contributed by atoms with Crippen LogP contribution in [0.15, 0.2) is 27.9 Å². The molecule has 2 aromatic rings. The van der Waals surface area contributed by atoms with Crippen molar-refractivity contribution in [3.8, 4) is 17.5 Å². The highest BCUT2D eigenvalue weighted by Gasteiger charge is 2.13. The maximum absolute atomic E-state index is 8.63. The van der Waals surface area contributed by atoms with E-state index in [9.17, 15) is 0 Å². The number of aryl methyl sites for hydroxylation is 2. The van der Waals surface area contributed by atoms with Crippen LogP contribution in [0.4, 0.5) is 0 Å². The highest BCUT2D eigenvalue weighted by atomic mass is 16.4. The zero-order chi connectivity index (χ0) is 13.0. The Kier molecular flexibility index (Phi) is 3.44. The summed E-state index contributed by atoms with van der Waals surface area (Å²) in [6.07, 6.45) is 3.38. The Morgan fingerprint density at radius 2 is 2.44 bits per heavy atom. The molecular formula is C12H12N4O2. The van der Waals surface area contributed by atoms with Gasteiger partial charge in [0.15, 0.2) is 5.76 Å². The Balaban J connectivity index is 2.38. The first-order chi connectivity index (χ1) is 8.74. The van der Waals surface area contributed by atoms with Crippen LogP contribution in [0.1, 0.15) is 17.7 Å². The summed E-state index contributed by atoms with van der Waals surface area (Å²) in [5, 5.41) is 24.5. The summed E-state index contributed by atoms with van der Waals surface area (Å²) < 4.78 is 7.12. The second kappa shape index (κ2) is 5.19. The number of nitriles is 1. The monoisotopic (exact) mass is 244 g/mol.